The topological polar surface area (TPSA) is 95.7 Å². The fourth-order valence-electron chi connectivity index (χ4n) is 6.86. The molecule has 0 atom stereocenters. The number of hydrogen-bond donors (Lipinski definition) is 0. The van der Waals surface area contributed by atoms with Crippen molar-refractivity contribution in [3.63, 3.8) is 0 Å². The minimum Gasteiger partial charge on any atom is -0.472 e. The highest BCUT2D eigenvalue weighted by Crippen LogP contribution is 2.27. The number of fused-ring (bicyclic) bond motifs is 3. The average molecular weight is 1110 g/mol. The predicted octanol–water partition coefficient (Wildman–Crippen LogP) is 19.7. The average Bonchev–Trinajstić information content (AvgIpc) is 4.24. The van der Waals surface area contributed by atoms with E-state index in [2.05, 4.69) is 203 Å². The highest BCUT2D eigenvalue weighted by molar-refractivity contribution is 7.09. The predicted molar refractivity (Wildman–Crippen MR) is 343 cm³/mol. The molecule has 7 aromatic heterocycles. The van der Waals surface area contributed by atoms with Crippen molar-refractivity contribution in [3.8, 4) is 0 Å². The van der Waals surface area contributed by atoms with Gasteiger partial charge in [0.1, 0.15) is 29.6 Å². The summed E-state index contributed by atoms with van der Waals surface area (Å²) in [5, 5.41) is 8.96. The highest BCUT2D eigenvalue weighted by atomic mass is 32.1. The first-order chi connectivity index (χ1) is 40.5. The van der Waals surface area contributed by atoms with Gasteiger partial charge in [0.15, 0.2) is 0 Å². The van der Waals surface area contributed by atoms with Gasteiger partial charge in [-0.1, -0.05) is 134 Å². The van der Waals surface area contributed by atoms with Gasteiger partial charge in [-0.05, 0) is 201 Å². The van der Waals surface area contributed by atoms with E-state index in [1.165, 1.54) is 72.6 Å². The van der Waals surface area contributed by atoms with Gasteiger partial charge in [-0.3, -0.25) is 0 Å². The fraction of sp³-hybridized carbons (Fsp3) is 0.243. The molecule has 0 aliphatic rings. The zero-order valence-electron chi connectivity index (χ0n) is 54.8. The SMILES string of the molecule is CCc1ccccc1.Cc1cccc(C)c1C.Cc1ccco1.Cc1cccs1.Cc1ccoc1.Cc1ccsc1.Cc1nc(C)nc(C)n1.Cc1ncnc(C)c1C.Cn1c2ccccc2c2ccccc21.[2H]c1c([2H])c([2H])c(C)c([2H])c1[2H]. The second-order valence-corrected chi connectivity index (χ2v) is 20.3. The van der Waals surface area contributed by atoms with Gasteiger partial charge >= 0.3 is 0 Å². The second kappa shape index (κ2) is 37.7. The Labute approximate surface area is 493 Å². The molecular formula is C70H84N6O2S2. The third kappa shape index (κ3) is 26.5. The molecule has 0 radical (unpaired) electrons. The molecule has 0 N–H and O–H groups in total. The number of hydrogen-bond acceptors (Lipinski definition) is 9. The number of nitrogens with zero attached hydrogens (tertiary/aromatic N) is 6. The molecule has 0 unspecified atom stereocenters. The van der Waals surface area contributed by atoms with Crippen LogP contribution >= 0.6 is 22.7 Å². The number of benzene rings is 5. The molecule has 0 saturated heterocycles. The number of aryl methyl sites for hydroxylation is 13. The largest absolute Gasteiger partial charge is 0.472 e. The molecule has 0 amide bonds. The van der Waals surface area contributed by atoms with E-state index in [1.807, 2.05) is 79.7 Å². The summed E-state index contributed by atoms with van der Waals surface area (Å²) in [6.45, 7) is 29.8. The van der Waals surface area contributed by atoms with Gasteiger partial charge in [-0.25, -0.2) is 24.9 Å². The molecule has 0 aliphatic carbocycles. The van der Waals surface area contributed by atoms with Crippen LogP contribution in [-0.2, 0) is 13.5 Å². The number of thiophene rings is 2. The van der Waals surface area contributed by atoms with E-state index in [0.717, 1.165) is 41.0 Å². The van der Waals surface area contributed by atoms with Gasteiger partial charge in [0.25, 0.3) is 0 Å². The van der Waals surface area contributed by atoms with Crippen molar-refractivity contribution in [1.82, 2.24) is 29.5 Å². The maximum atomic E-state index is 7.31. The lowest BCUT2D eigenvalue weighted by molar-refractivity contribution is 0.534. The molecule has 80 heavy (non-hydrogen) atoms. The van der Waals surface area contributed by atoms with Crippen LogP contribution in [0.15, 0.2) is 214 Å². The standard InChI is InChI=1S/C13H11N.C9H12.C8H10.C7H10N2.C7H8.C6H9N3.2C5H6O.2C5H6S/c1-14-12-8-4-2-6-10(12)11-7-3-5-9-13(11)14;1-7-5-4-6-8(2)9(7)3;1-2-8-6-4-3-5-7-8;1-5-6(2)8-4-9-7(5)3;1-7-5-3-2-4-6-7;1-4-7-5(2)9-6(3)8-4;1-5-2-3-6-4-5;1-5-3-2-4-6-5;1-5-2-3-6-4-5;1-5-3-2-4-6-5/h2-9H,1H3;4-6H,1-3H3;3-7H,2H2,1H3;4H,1-3H3;2-6H,1H3;1-3H3;4*2-4H,1H3/i;;;;2D,3D,4D,5D,6D;;;;;. The van der Waals surface area contributed by atoms with Crippen molar-refractivity contribution in [2.75, 3.05) is 0 Å². The van der Waals surface area contributed by atoms with E-state index in [-0.39, 0.29) is 30.2 Å². The van der Waals surface area contributed by atoms with Crippen LogP contribution in [0.2, 0.25) is 0 Å². The summed E-state index contributed by atoms with van der Waals surface area (Å²) in [6, 6.07) is 44.7. The Kier molecular flexibility index (Phi) is 27.4. The lowest BCUT2D eigenvalue weighted by Crippen LogP contribution is -1.97. The van der Waals surface area contributed by atoms with Gasteiger partial charge in [-0.15, -0.1) is 11.3 Å². The minimum absolute atomic E-state index is 0.124. The van der Waals surface area contributed by atoms with Crippen molar-refractivity contribution < 1.29 is 15.7 Å². The molecule has 12 aromatic rings. The van der Waals surface area contributed by atoms with Gasteiger partial charge in [-0.2, -0.15) is 11.3 Å². The maximum Gasteiger partial charge on any atom is 0.129 e. The minimum atomic E-state index is -0.337. The number of aromatic nitrogens is 6. The second-order valence-electron chi connectivity index (χ2n) is 18.4. The van der Waals surface area contributed by atoms with Crippen LogP contribution in [0.3, 0.4) is 0 Å². The number of rotatable bonds is 1. The highest BCUT2D eigenvalue weighted by Gasteiger charge is 2.05. The third-order valence-electron chi connectivity index (χ3n) is 11.8. The molecule has 7 heterocycles. The third-order valence-corrected chi connectivity index (χ3v) is 13.4. The van der Waals surface area contributed by atoms with Gasteiger partial charge in [0, 0.05) is 45.1 Å². The molecule has 10 heteroatoms. The molecule has 5 aromatic carbocycles. The van der Waals surface area contributed by atoms with E-state index in [4.69, 9.17) is 15.7 Å². The first kappa shape index (κ1) is 58.1. The molecule has 0 saturated carbocycles. The van der Waals surface area contributed by atoms with E-state index in [1.54, 1.807) is 47.8 Å². The Bertz CT molecular complexity index is 3350. The molecule has 418 valence electrons. The van der Waals surface area contributed by atoms with Crippen LogP contribution in [0.5, 0.6) is 0 Å². The van der Waals surface area contributed by atoms with Crippen LogP contribution < -0.4 is 0 Å². The van der Waals surface area contributed by atoms with Crippen LogP contribution in [0.1, 0.15) is 97.8 Å². The molecule has 0 aliphatic heterocycles. The van der Waals surface area contributed by atoms with Gasteiger partial charge in [0.05, 0.1) is 25.6 Å². The summed E-state index contributed by atoms with van der Waals surface area (Å²) in [5.74, 6) is 3.34. The summed E-state index contributed by atoms with van der Waals surface area (Å²) in [4.78, 5) is 21.5. The molecule has 12 rings (SSSR count). The van der Waals surface area contributed by atoms with Crippen molar-refractivity contribution >= 4 is 44.5 Å². The van der Waals surface area contributed by atoms with E-state index in [9.17, 15) is 0 Å². The Hall–Kier alpha value is -8.05. The molecule has 0 spiro atoms. The van der Waals surface area contributed by atoms with Crippen molar-refractivity contribution in [2.45, 2.75) is 110 Å². The van der Waals surface area contributed by atoms with E-state index >= 15 is 0 Å². The normalized spacial score (nSPS) is 10.4. The summed E-state index contributed by atoms with van der Waals surface area (Å²) < 4.78 is 48.1. The van der Waals surface area contributed by atoms with Crippen LogP contribution in [0, 0.1) is 96.9 Å². The number of furan rings is 2. The molecule has 0 bridgehead atoms. The van der Waals surface area contributed by atoms with Crippen LogP contribution in [-0.4, -0.2) is 29.5 Å². The van der Waals surface area contributed by atoms with Crippen molar-refractivity contribution in [3.05, 3.63) is 289 Å². The zero-order valence-corrected chi connectivity index (χ0v) is 51.4. The lowest BCUT2D eigenvalue weighted by atomic mass is 10.1. The molecular weight excluding hydrogens is 1020 g/mol. The van der Waals surface area contributed by atoms with E-state index in [0.29, 0.717) is 5.56 Å². The fourth-order valence-corrected chi connectivity index (χ4v) is 8.06. The molecule has 0 fully saturated rings. The first-order valence-electron chi connectivity index (χ1n) is 28.9. The summed E-state index contributed by atoms with van der Waals surface area (Å²) in [7, 11) is 2.12. The van der Waals surface area contributed by atoms with Gasteiger partial charge in [0.2, 0.25) is 0 Å². The maximum absolute atomic E-state index is 7.31. The van der Waals surface area contributed by atoms with Crippen molar-refractivity contribution in [2.24, 2.45) is 7.05 Å². The van der Waals surface area contributed by atoms with Gasteiger partial charge < -0.3 is 13.4 Å². The first-order valence-corrected chi connectivity index (χ1v) is 28.2. The zero-order chi connectivity index (χ0) is 63.0. The Morgan fingerprint density at radius 2 is 1.05 bits per heavy atom. The Morgan fingerprint density at radius 3 is 1.38 bits per heavy atom. The summed E-state index contributed by atoms with van der Waals surface area (Å²) in [6.07, 6.45) is 7.77. The Morgan fingerprint density at radius 1 is 0.500 bits per heavy atom. The summed E-state index contributed by atoms with van der Waals surface area (Å²) >= 11 is 3.52. The summed E-state index contributed by atoms with van der Waals surface area (Å²) in [5.41, 5.74) is 14.4. The number of para-hydroxylation sites is 2. The smallest absolute Gasteiger partial charge is 0.129 e. The lowest BCUT2D eigenvalue weighted by Gasteiger charge is -2.00. The van der Waals surface area contributed by atoms with Crippen molar-refractivity contribution in [1.29, 1.82) is 0 Å². The quantitative estimate of drug-likeness (QED) is 0.162. The van der Waals surface area contributed by atoms with Crippen LogP contribution in [0.25, 0.3) is 21.8 Å². The monoisotopic (exact) mass is 1110 g/mol. The van der Waals surface area contributed by atoms with E-state index < -0.39 is 0 Å². The molecule has 8 nitrogen and oxygen atoms in total. The van der Waals surface area contributed by atoms with Crippen LogP contribution in [0.4, 0.5) is 0 Å². The Balaban J connectivity index is 0.000000251.